The van der Waals surface area contributed by atoms with Gasteiger partial charge in [0.05, 0.1) is 6.04 Å². The number of carbonyl (C=O) groups is 5. The number of amides is 4. The predicted molar refractivity (Wildman–Crippen MR) is 206 cm³/mol. The number of guanidine groups is 3. The SMILES string of the molecule is N=C(N)NCCC[C@H](NC(=O)[C@H](Cc1ccc(O)cc1)NC(=O)[C@H](CCCNC(=N)N)NC(=O)[C@H](CCCCN)NC(=O)[C@@H](N)CCCNC(=N)N)C(=O)O. The second kappa shape index (κ2) is 26.0. The van der Waals surface area contributed by atoms with E-state index in [2.05, 4.69) is 37.2 Å². The smallest absolute Gasteiger partial charge is 0.326 e. The summed E-state index contributed by atoms with van der Waals surface area (Å²) in [6.45, 7) is 0.991. The number of hydrogen-bond donors (Lipinski definition) is 17. The zero-order valence-electron chi connectivity index (χ0n) is 30.9. The van der Waals surface area contributed by atoms with Gasteiger partial charge < -0.3 is 76.1 Å². The number of aliphatic carboxylic acids is 1. The van der Waals surface area contributed by atoms with Crippen LogP contribution in [-0.4, -0.2) is 114 Å². The van der Waals surface area contributed by atoms with Gasteiger partial charge in [0, 0.05) is 26.1 Å². The maximum absolute atomic E-state index is 13.9. The summed E-state index contributed by atoms with van der Waals surface area (Å²) in [5.74, 6) is -5.16. The summed E-state index contributed by atoms with van der Waals surface area (Å²) in [5, 5.41) is 59.7. The van der Waals surface area contributed by atoms with E-state index >= 15 is 0 Å². The molecular formula is C33H59N15O7. The van der Waals surface area contributed by atoms with E-state index in [0.29, 0.717) is 37.9 Å². The van der Waals surface area contributed by atoms with Crippen molar-refractivity contribution < 1.29 is 34.2 Å². The van der Waals surface area contributed by atoms with Crippen LogP contribution in [0.4, 0.5) is 0 Å². The molecule has 308 valence electrons. The summed E-state index contributed by atoms with van der Waals surface area (Å²) in [7, 11) is 0. The minimum absolute atomic E-state index is 0.00156. The molecule has 1 rings (SSSR count). The first-order valence-electron chi connectivity index (χ1n) is 18.0. The number of phenolic OH excluding ortho intramolecular Hbond substituents is 1. The number of carboxylic acid groups (broad SMARTS) is 1. The molecule has 0 saturated heterocycles. The lowest BCUT2D eigenvalue weighted by Crippen LogP contribution is -2.59. The summed E-state index contributed by atoms with van der Waals surface area (Å²) in [5.41, 5.74) is 28.2. The first-order chi connectivity index (χ1) is 26.0. The highest BCUT2D eigenvalue weighted by Crippen LogP contribution is 2.13. The van der Waals surface area contributed by atoms with E-state index in [1.807, 2.05) is 0 Å². The Morgan fingerprint density at radius 1 is 0.582 bits per heavy atom. The second-order valence-electron chi connectivity index (χ2n) is 12.8. The van der Waals surface area contributed by atoms with Crippen molar-refractivity contribution in [3.05, 3.63) is 29.8 Å². The predicted octanol–water partition coefficient (Wildman–Crippen LogP) is -3.80. The van der Waals surface area contributed by atoms with Crippen molar-refractivity contribution in [2.75, 3.05) is 26.2 Å². The van der Waals surface area contributed by atoms with Crippen LogP contribution >= 0.6 is 0 Å². The summed E-state index contributed by atoms with van der Waals surface area (Å²) in [4.78, 5) is 66.3. The zero-order chi connectivity index (χ0) is 41.3. The van der Waals surface area contributed by atoms with Crippen LogP contribution in [0.15, 0.2) is 24.3 Å². The summed E-state index contributed by atoms with van der Waals surface area (Å²) in [6.07, 6.45) is 2.11. The molecule has 22 heteroatoms. The fourth-order valence-corrected chi connectivity index (χ4v) is 5.20. The van der Waals surface area contributed by atoms with Crippen molar-refractivity contribution in [2.24, 2.45) is 28.7 Å². The van der Waals surface area contributed by atoms with Gasteiger partial charge in [-0.3, -0.25) is 35.4 Å². The number of carboxylic acids is 1. The molecule has 22 N–H and O–H groups in total. The number of hydrogen-bond acceptors (Lipinski definition) is 11. The highest BCUT2D eigenvalue weighted by atomic mass is 16.4. The molecule has 5 atom stereocenters. The van der Waals surface area contributed by atoms with Crippen molar-refractivity contribution in [2.45, 2.75) is 94.4 Å². The van der Waals surface area contributed by atoms with E-state index in [0.717, 1.165) is 0 Å². The van der Waals surface area contributed by atoms with Crippen LogP contribution in [0.5, 0.6) is 5.75 Å². The lowest BCUT2D eigenvalue weighted by molar-refractivity contribution is -0.142. The maximum atomic E-state index is 13.9. The highest BCUT2D eigenvalue weighted by molar-refractivity contribution is 5.95. The van der Waals surface area contributed by atoms with Crippen LogP contribution in [0.3, 0.4) is 0 Å². The quantitative estimate of drug-likeness (QED) is 0.0231. The van der Waals surface area contributed by atoms with Gasteiger partial charge in [-0.05, 0) is 82.0 Å². The van der Waals surface area contributed by atoms with Crippen molar-refractivity contribution >= 4 is 47.5 Å². The van der Waals surface area contributed by atoms with E-state index in [1.54, 1.807) is 0 Å². The first-order valence-corrected chi connectivity index (χ1v) is 18.0. The number of benzene rings is 1. The Kier molecular flexibility index (Phi) is 22.2. The van der Waals surface area contributed by atoms with E-state index in [-0.39, 0.29) is 81.7 Å². The molecule has 0 aliphatic rings. The van der Waals surface area contributed by atoms with Crippen molar-refractivity contribution in [3.63, 3.8) is 0 Å². The number of nitrogens with one attached hydrogen (secondary N) is 10. The number of aromatic hydroxyl groups is 1. The molecule has 1 aromatic rings. The number of nitrogens with two attached hydrogens (primary N) is 5. The topological polar surface area (TPSA) is 412 Å². The molecule has 0 spiro atoms. The summed E-state index contributed by atoms with van der Waals surface area (Å²) >= 11 is 0. The van der Waals surface area contributed by atoms with Crippen molar-refractivity contribution in [1.29, 1.82) is 16.2 Å². The number of carbonyl (C=O) groups excluding carboxylic acids is 4. The van der Waals surface area contributed by atoms with E-state index in [1.165, 1.54) is 24.3 Å². The third-order valence-corrected chi connectivity index (χ3v) is 8.15. The highest BCUT2D eigenvalue weighted by Gasteiger charge is 2.32. The number of rotatable bonds is 27. The Bertz CT molecular complexity index is 1430. The molecule has 55 heavy (non-hydrogen) atoms. The molecule has 0 bridgehead atoms. The molecule has 0 aromatic heterocycles. The first kappa shape index (κ1) is 47.1. The van der Waals surface area contributed by atoms with Crippen LogP contribution < -0.4 is 65.9 Å². The lowest BCUT2D eigenvalue weighted by atomic mass is 10.0. The molecule has 4 amide bonds. The molecule has 1 aromatic carbocycles. The Morgan fingerprint density at radius 2 is 0.982 bits per heavy atom. The fraction of sp³-hybridized carbons (Fsp3) is 0.576. The normalized spacial score (nSPS) is 13.4. The zero-order valence-corrected chi connectivity index (χ0v) is 30.9. The Hall–Kier alpha value is -5.90. The van der Waals surface area contributed by atoms with Crippen LogP contribution in [-0.2, 0) is 30.4 Å². The molecule has 22 nitrogen and oxygen atoms in total. The molecular weight excluding hydrogens is 718 g/mol. The van der Waals surface area contributed by atoms with Gasteiger partial charge in [-0.2, -0.15) is 0 Å². The maximum Gasteiger partial charge on any atom is 0.326 e. The molecule has 0 radical (unpaired) electrons. The second-order valence-corrected chi connectivity index (χ2v) is 12.8. The minimum atomic E-state index is -1.36. The Labute approximate surface area is 319 Å². The molecule has 0 heterocycles. The fourth-order valence-electron chi connectivity index (χ4n) is 5.20. The van der Waals surface area contributed by atoms with Gasteiger partial charge in [0.15, 0.2) is 17.9 Å². The molecule has 0 saturated carbocycles. The third kappa shape index (κ3) is 20.8. The van der Waals surface area contributed by atoms with Crippen molar-refractivity contribution in [1.82, 2.24) is 37.2 Å². The number of phenols is 1. The Balaban J connectivity index is 3.30. The van der Waals surface area contributed by atoms with Crippen LogP contribution in [0.25, 0.3) is 0 Å². The van der Waals surface area contributed by atoms with Gasteiger partial charge in [0.25, 0.3) is 0 Å². The van der Waals surface area contributed by atoms with E-state index < -0.39 is 59.8 Å². The van der Waals surface area contributed by atoms with E-state index in [4.69, 9.17) is 44.9 Å². The number of unbranched alkanes of at least 4 members (excludes halogenated alkanes) is 1. The van der Waals surface area contributed by atoms with Gasteiger partial charge in [-0.1, -0.05) is 12.1 Å². The third-order valence-electron chi connectivity index (χ3n) is 8.15. The monoisotopic (exact) mass is 777 g/mol. The van der Waals surface area contributed by atoms with Gasteiger partial charge in [0.2, 0.25) is 23.6 Å². The van der Waals surface area contributed by atoms with Gasteiger partial charge >= 0.3 is 5.97 Å². The molecule has 0 unspecified atom stereocenters. The largest absolute Gasteiger partial charge is 0.508 e. The van der Waals surface area contributed by atoms with E-state index in [9.17, 15) is 34.2 Å². The lowest BCUT2D eigenvalue weighted by Gasteiger charge is -2.27. The summed E-state index contributed by atoms with van der Waals surface area (Å²) < 4.78 is 0. The Morgan fingerprint density at radius 3 is 1.45 bits per heavy atom. The summed E-state index contributed by atoms with van der Waals surface area (Å²) in [6, 6.07) is -0.274. The van der Waals surface area contributed by atoms with Crippen LogP contribution in [0, 0.1) is 16.2 Å². The van der Waals surface area contributed by atoms with Gasteiger partial charge in [-0.25, -0.2) is 4.79 Å². The van der Waals surface area contributed by atoms with Crippen LogP contribution in [0.2, 0.25) is 0 Å². The minimum Gasteiger partial charge on any atom is -0.508 e. The molecule has 0 aliphatic carbocycles. The van der Waals surface area contributed by atoms with Crippen molar-refractivity contribution in [3.8, 4) is 5.75 Å². The van der Waals surface area contributed by atoms with Gasteiger partial charge in [-0.15, -0.1) is 0 Å². The molecule has 0 aliphatic heterocycles. The average molecular weight is 778 g/mol. The standard InChI is InChI=1S/C33H59N15O7/c34-14-2-1-7-22(45-26(50)21(35)6-3-15-42-31(36)37)27(51)46-23(8-4-16-43-32(38)39)28(52)48-25(18-19-10-12-20(49)13-11-19)29(53)47-24(30(54)55)9-5-17-44-33(40)41/h10-13,21-25,49H,1-9,14-18,34-35H2,(H,45,50)(H,46,51)(H,47,53)(H,48,52)(H,54,55)(H4,36,37,42)(H4,38,39,43)(H4,40,41,44)/t21-,22-,23-,24-,25-/m0/s1. The van der Waals surface area contributed by atoms with Crippen LogP contribution in [0.1, 0.15) is 63.4 Å². The van der Waals surface area contributed by atoms with Gasteiger partial charge in [0.1, 0.15) is 29.9 Å². The molecule has 0 fully saturated rings. The average Bonchev–Trinajstić information content (AvgIpc) is 3.12.